The standard InChI is InChI=1S/C13H29NO/c1-3-4-5-6-7-8-9-10-13(2,11-14)12-15/h15H,3-12,14H2,1-2H3. The maximum atomic E-state index is 9.18. The van der Waals surface area contributed by atoms with Crippen LogP contribution >= 0.6 is 0 Å². The summed E-state index contributed by atoms with van der Waals surface area (Å²) in [5.74, 6) is 0. The summed E-state index contributed by atoms with van der Waals surface area (Å²) in [4.78, 5) is 0. The van der Waals surface area contributed by atoms with Gasteiger partial charge in [-0.25, -0.2) is 0 Å². The lowest BCUT2D eigenvalue weighted by Gasteiger charge is -2.24. The van der Waals surface area contributed by atoms with E-state index in [0.717, 1.165) is 6.42 Å². The quantitative estimate of drug-likeness (QED) is 0.550. The van der Waals surface area contributed by atoms with Gasteiger partial charge in [-0.2, -0.15) is 0 Å². The number of unbranched alkanes of at least 4 members (excludes halogenated alkanes) is 6. The van der Waals surface area contributed by atoms with Gasteiger partial charge in [-0.3, -0.25) is 0 Å². The summed E-state index contributed by atoms with van der Waals surface area (Å²) >= 11 is 0. The predicted molar refractivity (Wildman–Crippen MR) is 66.9 cm³/mol. The van der Waals surface area contributed by atoms with Crippen LogP contribution in [0.2, 0.25) is 0 Å². The fourth-order valence-electron chi connectivity index (χ4n) is 1.75. The molecule has 92 valence electrons. The van der Waals surface area contributed by atoms with Crippen molar-refractivity contribution in [3.8, 4) is 0 Å². The van der Waals surface area contributed by atoms with Crippen LogP contribution in [0.15, 0.2) is 0 Å². The van der Waals surface area contributed by atoms with Gasteiger partial charge in [-0.1, -0.05) is 58.8 Å². The van der Waals surface area contributed by atoms with E-state index in [2.05, 4.69) is 13.8 Å². The minimum absolute atomic E-state index is 0.0383. The summed E-state index contributed by atoms with van der Waals surface area (Å²) in [5.41, 5.74) is 5.60. The molecule has 0 radical (unpaired) electrons. The monoisotopic (exact) mass is 215 g/mol. The molecule has 2 heteroatoms. The third-order valence-electron chi connectivity index (χ3n) is 3.26. The molecule has 2 nitrogen and oxygen atoms in total. The lowest BCUT2D eigenvalue weighted by molar-refractivity contribution is 0.136. The molecule has 0 heterocycles. The molecular formula is C13H29NO. The predicted octanol–water partition coefficient (Wildman–Crippen LogP) is 3.08. The van der Waals surface area contributed by atoms with E-state index in [-0.39, 0.29) is 12.0 Å². The average Bonchev–Trinajstić information content (AvgIpc) is 2.27. The van der Waals surface area contributed by atoms with Crippen LogP contribution in [0.25, 0.3) is 0 Å². The molecule has 0 fully saturated rings. The second kappa shape index (κ2) is 9.17. The molecule has 0 rings (SSSR count). The van der Waals surface area contributed by atoms with Crippen LogP contribution in [0.1, 0.15) is 65.2 Å². The largest absolute Gasteiger partial charge is 0.396 e. The van der Waals surface area contributed by atoms with E-state index in [1.807, 2.05) is 0 Å². The second-order valence-electron chi connectivity index (χ2n) is 5.04. The van der Waals surface area contributed by atoms with Crippen molar-refractivity contribution in [2.75, 3.05) is 13.2 Å². The molecule has 0 aliphatic carbocycles. The first-order valence-electron chi connectivity index (χ1n) is 6.49. The Kier molecular flexibility index (Phi) is 9.12. The number of nitrogens with two attached hydrogens (primary N) is 1. The van der Waals surface area contributed by atoms with E-state index in [1.165, 1.54) is 44.9 Å². The normalized spacial score (nSPS) is 15.2. The second-order valence-corrected chi connectivity index (χ2v) is 5.04. The lowest BCUT2D eigenvalue weighted by atomic mass is 9.85. The van der Waals surface area contributed by atoms with Gasteiger partial charge in [-0.15, -0.1) is 0 Å². The number of rotatable bonds is 10. The smallest absolute Gasteiger partial charge is 0.0496 e. The Morgan fingerprint density at radius 2 is 1.53 bits per heavy atom. The highest BCUT2D eigenvalue weighted by molar-refractivity contribution is 4.73. The van der Waals surface area contributed by atoms with Gasteiger partial charge in [0.15, 0.2) is 0 Å². The number of hydrogen-bond acceptors (Lipinski definition) is 2. The molecule has 3 N–H and O–H groups in total. The van der Waals surface area contributed by atoms with Crippen LogP contribution < -0.4 is 5.73 Å². The Labute approximate surface area is 95.3 Å². The van der Waals surface area contributed by atoms with Gasteiger partial charge < -0.3 is 10.8 Å². The van der Waals surface area contributed by atoms with Gasteiger partial charge in [0.25, 0.3) is 0 Å². The highest BCUT2D eigenvalue weighted by Gasteiger charge is 2.20. The van der Waals surface area contributed by atoms with Crippen molar-refractivity contribution in [1.29, 1.82) is 0 Å². The number of hydrogen-bond donors (Lipinski definition) is 2. The minimum atomic E-state index is -0.0383. The van der Waals surface area contributed by atoms with Crippen LogP contribution in [0.5, 0.6) is 0 Å². The maximum Gasteiger partial charge on any atom is 0.0496 e. The SMILES string of the molecule is CCCCCCCCCC(C)(CN)CO. The zero-order valence-corrected chi connectivity index (χ0v) is 10.6. The summed E-state index contributed by atoms with van der Waals surface area (Å²) in [7, 11) is 0. The molecule has 0 amide bonds. The highest BCUT2D eigenvalue weighted by Crippen LogP contribution is 2.22. The molecule has 0 aromatic rings. The Morgan fingerprint density at radius 3 is 2.00 bits per heavy atom. The van der Waals surface area contributed by atoms with E-state index in [0.29, 0.717) is 6.54 Å². The molecule has 0 spiro atoms. The van der Waals surface area contributed by atoms with Crippen LogP contribution in [-0.4, -0.2) is 18.3 Å². The van der Waals surface area contributed by atoms with Crippen LogP contribution in [0, 0.1) is 5.41 Å². The van der Waals surface area contributed by atoms with Crippen molar-refractivity contribution in [2.24, 2.45) is 11.1 Å². The zero-order chi connectivity index (χ0) is 11.6. The summed E-state index contributed by atoms with van der Waals surface area (Å²) in [6, 6.07) is 0. The van der Waals surface area contributed by atoms with Gasteiger partial charge in [0, 0.05) is 12.0 Å². The van der Waals surface area contributed by atoms with Crippen molar-refractivity contribution in [1.82, 2.24) is 0 Å². The molecule has 1 atom stereocenters. The third kappa shape index (κ3) is 7.80. The first-order valence-corrected chi connectivity index (χ1v) is 6.49. The van der Waals surface area contributed by atoms with E-state index < -0.39 is 0 Å². The molecule has 15 heavy (non-hydrogen) atoms. The average molecular weight is 215 g/mol. The van der Waals surface area contributed by atoms with Crippen molar-refractivity contribution in [3.63, 3.8) is 0 Å². The third-order valence-corrected chi connectivity index (χ3v) is 3.26. The van der Waals surface area contributed by atoms with Crippen LogP contribution in [0.4, 0.5) is 0 Å². The Hall–Kier alpha value is -0.0800. The first kappa shape index (κ1) is 14.9. The van der Waals surface area contributed by atoms with Gasteiger partial charge in [0.2, 0.25) is 0 Å². The first-order chi connectivity index (χ1) is 7.18. The lowest BCUT2D eigenvalue weighted by Crippen LogP contribution is -2.30. The molecule has 0 aliphatic rings. The van der Waals surface area contributed by atoms with E-state index >= 15 is 0 Å². The van der Waals surface area contributed by atoms with E-state index in [1.54, 1.807) is 0 Å². The van der Waals surface area contributed by atoms with Gasteiger partial charge in [0.05, 0.1) is 0 Å². The molecule has 0 aliphatic heterocycles. The summed E-state index contributed by atoms with van der Waals surface area (Å²) in [6.07, 6.45) is 10.3. The minimum Gasteiger partial charge on any atom is -0.396 e. The Morgan fingerprint density at radius 1 is 1.00 bits per heavy atom. The molecule has 0 saturated heterocycles. The number of aliphatic hydroxyl groups is 1. The van der Waals surface area contributed by atoms with Crippen LogP contribution in [-0.2, 0) is 0 Å². The van der Waals surface area contributed by atoms with Crippen molar-refractivity contribution in [3.05, 3.63) is 0 Å². The molecule has 0 bridgehead atoms. The summed E-state index contributed by atoms with van der Waals surface area (Å²) in [5, 5.41) is 9.18. The van der Waals surface area contributed by atoms with Crippen molar-refractivity contribution >= 4 is 0 Å². The summed E-state index contributed by atoms with van der Waals surface area (Å²) < 4.78 is 0. The Bertz CT molecular complexity index is 132. The van der Waals surface area contributed by atoms with Crippen molar-refractivity contribution in [2.45, 2.75) is 65.2 Å². The molecule has 0 aromatic heterocycles. The maximum absolute atomic E-state index is 9.18. The fourth-order valence-corrected chi connectivity index (χ4v) is 1.75. The fraction of sp³-hybridized carbons (Fsp3) is 1.00. The molecule has 1 unspecified atom stereocenters. The van der Waals surface area contributed by atoms with Gasteiger partial charge in [0.1, 0.15) is 0 Å². The molecular weight excluding hydrogens is 186 g/mol. The van der Waals surface area contributed by atoms with E-state index in [4.69, 9.17) is 5.73 Å². The van der Waals surface area contributed by atoms with Gasteiger partial charge in [-0.05, 0) is 13.0 Å². The van der Waals surface area contributed by atoms with Gasteiger partial charge >= 0.3 is 0 Å². The molecule has 0 saturated carbocycles. The van der Waals surface area contributed by atoms with Crippen molar-refractivity contribution < 1.29 is 5.11 Å². The molecule has 0 aromatic carbocycles. The summed E-state index contributed by atoms with van der Waals surface area (Å²) in [6.45, 7) is 5.14. The highest BCUT2D eigenvalue weighted by atomic mass is 16.3. The Balaban J connectivity index is 3.29. The van der Waals surface area contributed by atoms with Crippen LogP contribution in [0.3, 0.4) is 0 Å². The number of aliphatic hydroxyl groups excluding tert-OH is 1. The topological polar surface area (TPSA) is 46.2 Å². The van der Waals surface area contributed by atoms with E-state index in [9.17, 15) is 5.11 Å². The zero-order valence-electron chi connectivity index (χ0n) is 10.6.